The van der Waals surface area contributed by atoms with Gasteiger partial charge in [-0.3, -0.25) is 0 Å². The SMILES string of the molecule is CCCc1nc(NC)c(C)c(NCCC2CC2)n1. The average Bonchev–Trinajstić information content (AvgIpc) is 3.17. The first kappa shape index (κ1) is 13.1. The second kappa shape index (κ2) is 6.03. The van der Waals surface area contributed by atoms with E-state index >= 15 is 0 Å². The van der Waals surface area contributed by atoms with Gasteiger partial charge in [0.2, 0.25) is 0 Å². The van der Waals surface area contributed by atoms with Crippen LogP contribution in [0.3, 0.4) is 0 Å². The van der Waals surface area contributed by atoms with Crippen LogP contribution in [0.25, 0.3) is 0 Å². The zero-order chi connectivity index (χ0) is 13.0. The Morgan fingerprint density at radius 2 is 1.94 bits per heavy atom. The van der Waals surface area contributed by atoms with Crippen LogP contribution in [0.4, 0.5) is 11.6 Å². The van der Waals surface area contributed by atoms with Crippen molar-refractivity contribution in [2.24, 2.45) is 5.92 Å². The summed E-state index contributed by atoms with van der Waals surface area (Å²) in [5, 5.41) is 6.62. The van der Waals surface area contributed by atoms with Gasteiger partial charge in [0.15, 0.2) is 0 Å². The largest absolute Gasteiger partial charge is 0.373 e. The maximum absolute atomic E-state index is 4.63. The van der Waals surface area contributed by atoms with Gasteiger partial charge >= 0.3 is 0 Å². The molecular formula is C14H24N4. The minimum absolute atomic E-state index is 0.932. The summed E-state index contributed by atoms with van der Waals surface area (Å²) in [4.78, 5) is 9.16. The van der Waals surface area contributed by atoms with Crippen molar-refractivity contribution in [3.63, 3.8) is 0 Å². The molecule has 0 aliphatic heterocycles. The molecule has 1 heterocycles. The number of hydrogen-bond acceptors (Lipinski definition) is 4. The summed E-state index contributed by atoms with van der Waals surface area (Å²) in [5.41, 5.74) is 1.12. The molecule has 18 heavy (non-hydrogen) atoms. The van der Waals surface area contributed by atoms with Crippen LogP contribution in [-0.2, 0) is 6.42 Å². The van der Waals surface area contributed by atoms with E-state index in [2.05, 4.69) is 34.4 Å². The minimum Gasteiger partial charge on any atom is -0.373 e. The molecule has 4 nitrogen and oxygen atoms in total. The molecule has 4 heteroatoms. The number of rotatable bonds is 7. The third-order valence-corrected chi connectivity index (χ3v) is 3.44. The molecular weight excluding hydrogens is 224 g/mol. The van der Waals surface area contributed by atoms with E-state index in [-0.39, 0.29) is 0 Å². The van der Waals surface area contributed by atoms with Gasteiger partial charge < -0.3 is 10.6 Å². The Bertz CT molecular complexity index is 399. The van der Waals surface area contributed by atoms with Crippen molar-refractivity contribution in [3.05, 3.63) is 11.4 Å². The summed E-state index contributed by atoms with van der Waals surface area (Å²) in [6, 6.07) is 0. The van der Waals surface area contributed by atoms with Crippen LogP contribution in [0, 0.1) is 12.8 Å². The highest BCUT2D eigenvalue weighted by Crippen LogP contribution is 2.32. The highest BCUT2D eigenvalue weighted by molar-refractivity contribution is 5.56. The number of nitrogens with zero attached hydrogens (tertiary/aromatic N) is 2. The maximum atomic E-state index is 4.63. The monoisotopic (exact) mass is 248 g/mol. The number of anilines is 2. The zero-order valence-corrected chi connectivity index (χ0v) is 11.7. The lowest BCUT2D eigenvalue weighted by Gasteiger charge is -2.13. The first-order valence-electron chi connectivity index (χ1n) is 7.03. The fourth-order valence-electron chi connectivity index (χ4n) is 2.12. The number of aryl methyl sites for hydroxylation is 1. The summed E-state index contributed by atoms with van der Waals surface area (Å²) in [6.07, 6.45) is 6.10. The molecule has 0 unspecified atom stereocenters. The standard InChI is InChI=1S/C14H24N4/c1-4-5-12-17-13(15-3)10(2)14(18-12)16-9-8-11-6-7-11/h11H,4-9H2,1-3H3,(H2,15,16,17,18). The third-order valence-electron chi connectivity index (χ3n) is 3.44. The lowest BCUT2D eigenvalue weighted by Crippen LogP contribution is -2.11. The molecule has 1 fully saturated rings. The van der Waals surface area contributed by atoms with Gasteiger partial charge in [-0.1, -0.05) is 19.8 Å². The van der Waals surface area contributed by atoms with Crippen molar-refractivity contribution in [2.45, 2.75) is 46.0 Å². The lowest BCUT2D eigenvalue weighted by molar-refractivity contribution is 0.754. The van der Waals surface area contributed by atoms with Crippen molar-refractivity contribution < 1.29 is 0 Å². The maximum Gasteiger partial charge on any atom is 0.134 e. The van der Waals surface area contributed by atoms with Crippen molar-refractivity contribution >= 4 is 11.6 Å². The van der Waals surface area contributed by atoms with Crippen LogP contribution in [0.15, 0.2) is 0 Å². The van der Waals surface area contributed by atoms with Crippen LogP contribution in [-0.4, -0.2) is 23.6 Å². The molecule has 0 aromatic carbocycles. The van der Waals surface area contributed by atoms with Crippen LogP contribution in [0.1, 0.15) is 44.0 Å². The summed E-state index contributed by atoms with van der Waals surface area (Å²) in [7, 11) is 1.92. The summed E-state index contributed by atoms with van der Waals surface area (Å²) < 4.78 is 0. The molecule has 1 saturated carbocycles. The summed E-state index contributed by atoms with van der Waals surface area (Å²) in [5.74, 6) is 3.83. The van der Waals surface area contributed by atoms with Gasteiger partial charge in [0.25, 0.3) is 0 Å². The van der Waals surface area contributed by atoms with Crippen LogP contribution in [0.2, 0.25) is 0 Å². The average molecular weight is 248 g/mol. The smallest absolute Gasteiger partial charge is 0.134 e. The second-order valence-electron chi connectivity index (χ2n) is 5.12. The van der Waals surface area contributed by atoms with Gasteiger partial charge in [0.1, 0.15) is 17.5 Å². The highest BCUT2D eigenvalue weighted by Gasteiger charge is 2.20. The van der Waals surface area contributed by atoms with Gasteiger partial charge in [-0.25, -0.2) is 9.97 Å². The van der Waals surface area contributed by atoms with Crippen molar-refractivity contribution in [3.8, 4) is 0 Å². The number of nitrogens with one attached hydrogen (secondary N) is 2. The Labute approximate surface area is 110 Å². The van der Waals surface area contributed by atoms with E-state index in [1.54, 1.807) is 0 Å². The van der Waals surface area contributed by atoms with E-state index in [0.29, 0.717) is 0 Å². The molecule has 2 rings (SSSR count). The zero-order valence-electron chi connectivity index (χ0n) is 11.7. The Morgan fingerprint density at radius 1 is 1.22 bits per heavy atom. The highest BCUT2D eigenvalue weighted by atomic mass is 15.1. The van der Waals surface area contributed by atoms with E-state index < -0.39 is 0 Å². The Balaban J connectivity index is 2.06. The van der Waals surface area contributed by atoms with Crippen LogP contribution in [0.5, 0.6) is 0 Å². The topological polar surface area (TPSA) is 49.8 Å². The van der Waals surface area contributed by atoms with Gasteiger partial charge in [0, 0.05) is 25.6 Å². The molecule has 0 saturated heterocycles. The Morgan fingerprint density at radius 3 is 2.56 bits per heavy atom. The van der Waals surface area contributed by atoms with Crippen LogP contribution >= 0.6 is 0 Å². The molecule has 1 aliphatic carbocycles. The van der Waals surface area contributed by atoms with Crippen LogP contribution < -0.4 is 10.6 Å². The Hall–Kier alpha value is -1.32. The van der Waals surface area contributed by atoms with Crippen molar-refractivity contribution in [2.75, 3.05) is 24.2 Å². The first-order valence-corrected chi connectivity index (χ1v) is 7.03. The molecule has 0 spiro atoms. The fraction of sp³-hybridized carbons (Fsp3) is 0.714. The van der Waals surface area contributed by atoms with E-state index in [1.165, 1.54) is 19.3 Å². The Kier molecular flexibility index (Phi) is 4.39. The second-order valence-corrected chi connectivity index (χ2v) is 5.12. The predicted molar refractivity (Wildman–Crippen MR) is 76.1 cm³/mol. The van der Waals surface area contributed by atoms with Gasteiger partial charge in [-0.05, 0) is 25.7 Å². The molecule has 0 amide bonds. The molecule has 100 valence electrons. The quantitative estimate of drug-likeness (QED) is 0.779. The van der Waals surface area contributed by atoms with E-state index in [0.717, 1.165) is 48.3 Å². The predicted octanol–water partition coefficient (Wildman–Crippen LogP) is 2.99. The molecule has 0 radical (unpaired) electrons. The summed E-state index contributed by atoms with van der Waals surface area (Å²) >= 11 is 0. The van der Waals surface area contributed by atoms with E-state index in [1.807, 2.05) is 7.05 Å². The molecule has 2 N–H and O–H groups in total. The molecule has 0 atom stereocenters. The molecule has 1 aromatic heterocycles. The van der Waals surface area contributed by atoms with Gasteiger partial charge in [-0.2, -0.15) is 0 Å². The van der Waals surface area contributed by atoms with E-state index in [4.69, 9.17) is 0 Å². The van der Waals surface area contributed by atoms with E-state index in [9.17, 15) is 0 Å². The van der Waals surface area contributed by atoms with Gasteiger partial charge in [-0.15, -0.1) is 0 Å². The lowest BCUT2D eigenvalue weighted by atomic mass is 10.2. The normalized spacial score (nSPS) is 14.6. The van der Waals surface area contributed by atoms with Gasteiger partial charge in [0.05, 0.1) is 0 Å². The first-order chi connectivity index (χ1) is 8.74. The third kappa shape index (κ3) is 3.34. The summed E-state index contributed by atoms with van der Waals surface area (Å²) in [6.45, 7) is 5.25. The number of aromatic nitrogens is 2. The minimum atomic E-state index is 0.932. The number of hydrogen-bond donors (Lipinski definition) is 2. The molecule has 1 aliphatic rings. The molecule has 1 aromatic rings. The van der Waals surface area contributed by atoms with Crippen molar-refractivity contribution in [1.29, 1.82) is 0 Å². The fourth-order valence-corrected chi connectivity index (χ4v) is 2.12. The van der Waals surface area contributed by atoms with Crippen molar-refractivity contribution in [1.82, 2.24) is 9.97 Å². The molecule has 0 bridgehead atoms.